The fraction of sp³-hybridized carbons (Fsp3) is 0.522. The minimum absolute atomic E-state index is 0.487. The molecule has 2 aliphatic rings. The number of para-hydroxylation sites is 2. The minimum atomic E-state index is 0.487. The number of ether oxygens (including phenoxy) is 1. The molecule has 1 atom stereocenters. The lowest BCUT2D eigenvalue weighted by atomic mass is 10.1. The summed E-state index contributed by atoms with van der Waals surface area (Å²) in [6.45, 7) is 5.26. The largest absolute Gasteiger partial charge is 0.495 e. The van der Waals surface area contributed by atoms with Crippen LogP contribution in [0.2, 0.25) is 0 Å². The second kappa shape index (κ2) is 10.1. The third-order valence-electron chi connectivity index (χ3n) is 6.15. The Morgan fingerprint density at radius 2 is 1.90 bits per heavy atom. The van der Waals surface area contributed by atoms with Crippen molar-refractivity contribution in [2.24, 2.45) is 10.9 Å². The molecule has 2 fully saturated rings. The van der Waals surface area contributed by atoms with Crippen molar-refractivity contribution in [2.45, 2.75) is 25.3 Å². The molecule has 0 saturated carbocycles. The van der Waals surface area contributed by atoms with Crippen molar-refractivity contribution < 1.29 is 4.74 Å². The molecule has 0 radical (unpaired) electrons. The first-order valence-electron chi connectivity index (χ1n) is 10.9. The molecule has 1 aromatic carbocycles. The van der Waals surface area contributed by atoms with Crippen LogP contribution in [-0.2, 0) is 0 Å². The molecule has 2 saturated heterocycles. The first kappa shape index (κ1) is 20.8. The molecular weight excluding hydrogens is 394 g/mol. The molecule has 2 aliphatic heterocycles. The maximum absolute atomic E-state index is 5.54. The first-order valence-corrected chi connectivity index (χ1v) is 11.8. The van der Waals surface area contributed by atoms with E-state index < -0.39 is 0 Å². The Morgan fingerprint density at radius 3 is 2.63 bits per heavy atom. The lowest BCUT2D eigenvalue weighted by Crippen LogP contribution is -2.49. The smallest absolute Gasteiger partial charge is 0.191 e. The van der Waals surface area contributed by atoms with Crippen molar-refractivity contribution in [1.29, 1.82) is 0 Å². The highest BCUT2D eigenvalue weighted by Crippen LogP contribution is 2.31. The van der Waals surface area contributed by atoms with Gasteiger partial charge in [0.1, 0.15) is 5.75 Å². The summed E-state index contributed by atoms with van der Waals surface area (Å²) in [4.78, 5) is 9.39. The Kier molecular flexibility index (Phi) is 7.00. The maximum Gasteiger partial charge on any atom is 0.191 e. The lowest BCUT2D eigenvalue weighted by molar-refractivity contribution is 0.414. The van der Waals surface area contributed by atoms with Crippen molar-refractivity contribution in [3.63, 3.8) is 0 Å². The van der Waals surface area contributed by atoms with Gasteiger partial charge in [-0.1, -0.05) is 12.1 Å². The molecule has 1 aromatic heterocycles. The first-order chi connectivity index (χ1) is 14.8. The lowest BCUT2D eigenvalue weighted by Gasteiger charge is -2.33. The molecule has 4 rings (SSSR count). The van der Waals surface area contributed by atoms with Crippen LogP contribution >= 0.6 is 11.3 Å². The predicted octanol–water partition coefficient (Wildman–Crippen LogP) is 3.42. The van der Waals surface area contributed by atoms with E-state index in [0.717, 1.165) is 57.3 Å². The van der Waals surface area contributed by atoms with Crippen LogP contribution in [-0.4, -0.2) is 58.9 Å². The molecule has 2 N–H and O–H groups in total. The van der Waals surface area contributed by atoms with E-state index in [1.165, 1.54) is 17.1 Å². The fourth-order valence-electron chi connectivity index (χ4n) is 4.43. The molecule has 162 valence electrons. The molecule has 6 nitrogen and oxygen atoms in total. The van der Waals surface area contributed by atoms with E-state index in [1.54, 1.807) is 7.11 Å². The predicted molar refractivity (Wildman–Crippen MR) is 127 cm³/mol. The summed E-state index contributed by atoms with van der Waals surface area (Å²) < 4.78 is 5.54. The average molecular weight is 428 g/mol. The molecule has 0 spiro atoms. The van der Waals surface area contributed by atoms with Crippen LogP contribution in [0.25, 0.3) is 0 Å². The number of anilines is 2. The quantitative estimate of drug-likeness (QED) is 0.547. The van der Waals surface area contributed by atoms with Gasteiger partial charge < -0.3 is 25.2 Å². The van der Waals surface area contributed by atoms with Crippen LogP contribution in [0.1, 0.15) is 19.3 Å². The van der Waals surface area contributed by atoms with Crippen molar-refractivity contribution >= 4 is 28.0 Å². The van der Waals surface area contributed by atoms with Crippen LogP contribution in [0.15, 0.2) is 46.8 Å². The van der Waals surface area contributed by atoms with Gasteiger partial charge in [-0.2, -0.15) is 0 Å². The van der Waals surface area contributed by atoms with Crippen LogP contribution in [0, 0.1) is 5.92 Å². The van der Waals surface area contributed by atoms with Crippen molar-refractivity contribution in [3.8, 4) is 5.75 Å². The van der Waals surface area contributed by atoms with E-state index in [2.05, 4.69) is 55.1 Å². The number of rotatable bonds is 6. The van der Waals surface area contributed by atoms with Crippen molar-refractivity contribution in [2.75, 3.05) is 56.7 Å². The summed E-state index contributed by atoms with van der Waals surface area (Å²) in [7, 11) is 3.61. The average Bonchev–Trinajstić information content (AvgIpc) is 3.49. The standard InChI is InChI=1S/C23H33N5OS/c1-24-23(26-19-10-13-27(14-11-19)22-8-5-15-30-22)25-16-18-9-12-28(17-18)20-6-3-4-7-21(20)29-2/h3-8,15,18-19H,9-14,16-17H2,1-2H3,(H2,24,25,26). The van der Waals surface area contributed by atoms with Gasteiger partial charge in [0, 0.05) is 45.8 Å². The van der Waals surface area contributed by atoms with Gasteiger partial charge in [-0.15, -0.1) is 11.3 Å². The number of nitrogens with one attached hydrogen (secondary N) is 2. The highest BCUT2D eigenvalue weighted by atomic mass is 32.1. The second-order valence-electron chi connectivity index (χ2n) is 8.08. The van der Waals surface area contributed by atoms with Crippen molar-refractivity contribution in [3.05, 3.63) is 41.8 Å². The highest BCUT2D eigenvalue weighted by Gasteiger charge is 2.25. The number of methoxy groups -OCH3 is 1. The van der Waals surface area contributed by atoms with E-state index in [4.69, 9.17) is 4.74 Å². The van der Waals surface area contributed by atoms with Gasteiger partial charge in [0.2, 0.25) is 0 Å². The fourth-order valence-corrected chi connectivity index (χ4v) is 5.22. The molecule has 7 heteroatoms. The summed E-state index contributed by atoms with van der Waals surface area (Å²) in [5.41, 5.74) is 1.20. The van der Waals surface area contributed by atoms with Gasteiger partial charge in [0.15, 0.2) is 5.96 Å². The number of hydrogen-bond acceptors (Lipinski definition) is 5. The summed E-state index contributed by atoms with van der Waals surface area (Å²) in [6, 6.07) is 13.1. The molecule has 0 amide bonds. The van der Waals surface area contributed by atoms with Crippen LogP contribution in [0.3, 0.4) is 0 Å². The molecule has 0 bridgehead atoms. The third-order valence-corrected chi connectivity index (χ3v) is 7.08. The maximum atomic E-state index is 5.54. The van der Waals surface area contributed by atoms with Gasteiger partial charge in [-0.3, -0.25) is 4.99 Å². The monoisotopic (exact) mass is 427 g/mol. The molecule has 0 aliphatic carbocycles. The zero-order valence-corrected chi connectivity index (χ0v) is 18.8. The van der Waals surface area contributed by atoms with Crippen LogP contribution < -0.4 is 25.2 Å². The highest BCUT2D eigenvalue weighted by molar-refractivity contribution is 7.14. The Balaban J connectivity index is 1.22. The van der Waals surface area contributed by atoms with E-state index in [0.29, 0.717) is 12.0 Å². The number of nitrogens with zero attached hydrogens (tertiary/aromatic N) is 3. The third kappa shape index (κ3) is 5.01. The number of hydrogen-bond donors (Lipinski definition) is 2. The topological polar surface area (TPSA) is 52.1 Å². The van der Waals surface area contributed by atoms with Gasteiger partial charge in [0.25, 0.3) is 0 Å². The van der Waals surface area contributed by atoms with Crippen LogP contribution in [0.4, 0.5) is 10.7 Å². The number of piperidine rings is 1. The van der Waals surface area contributed by atoms with E-state index >= 15 is 0 Å². The molecule has 1 unspecified atom stereocenters. The summed E-state index contributed by atoms with van der Waals surface area (Å²) in [5, 5.41) is 10.7. The summed E-state index contributed by atoms with van der Waals surface area (Å²) in [6.07, 6.45) is 3.47. The second-order valence-corrected chi connectivity index (χ2v) is 9.01. The Labute approximate surface area is 183 Å². The normalized spacial score (nSPS) is 20.5. The molecular formula is C23H33N5OS. The zero-order chi connectivity index (χ0) is 20.8. The number of benzene rings is 1. The molecule has 3 heterocycles. The Bertz CT molecular complexity index is 817. The number of aliphatic imine (C=N–C) groups is 1. The van der Waals surface area contributed by atoms with Crippen molar-refractivity contribution in [1.82, 2.24) is 10.6 Å². The Morgan fingerprint density at radius 1 is 1.10 bits per heavy atom. The Hall–Kier alpha value is -2.41. The minimum Gasteiger partial charge on any atom is -0.495 e. The molecule has 30 heavy (non-hydrogen) atoms. The van der Waals surface area contributed by atoms with E-state index in [-0.39, 0.29) is 0 Å². The summed E-state index contributed by atoms with van der Waals surface area (Å²) >= 11 is 1.83. The van der Waals surface area contributed by atoms with Gasteiger partial charge in [0.05, 0.1) is 17.8 Å². The summed E-state index contributed by atoms with van der Waals surface area (Å²) in [5.74, 6) is 2.49. The number of thiophene rings is 1. The van der Waals surface area contributed by atoms with Crippen LogP contribution in [0.5, 0.6) is 5.75 Å². The molecule has 2 aromatic rings. The van der Waals surface area contributed by atoms with Gasteiger partial charge in [-0.25, -0.2) is 0 Å². The zero-order valence-electron chi connectivity index (χ0n) is 18.0. The van der Waals surface area contributed by atoms with Gasteiger partial charge >= 0.3 is 0 Å². The number of guanidine groups is 1. The van der Waals surface area contributed by atoms with E-state index in [9.17, 15) is 0 Å². The van der Waals surface area contributed by atoms with E-state index in [1.807, 2.05) is 30.5 Å². The SMILES string of the molecule is CN=C(NCC1CCN(c2ccccc2OC)C1)NC1CCN(c2cccs2)CC1. The van der Waals surface area contributed by atoms with Gasteiger partial charge in [-0.05, 0) is 54.8 Å².